The lowest BCUT2D eigenvalue weighted by Crippen LogP contribution is -2.13. The van der Waals surface area contributed by atoms with Gasteiger partial charge in [0.2, 0.25) is 0 Å². The van der Waals surface area contributed by atoms with Crippen molar-refractivity contribution in [3.8, 4) is 10.7 Å². The Morgan fingerprint density at radius 1 is 1.14 bits per heavy atom. The topological polar surface area (TPSA) is 63.6 Å². The van der Waals surface area contributed by atoms with E-state index in [9.17, 15) is 4.79 Å². The van der Waals surface area contributed by atoms with Crippen LogP contribution in [0.1, 0.15) is 5.56 Å². The number of aromatic nitrogens is 4. The summed E-state index contributed by atoms with van der Waals surface area (Å²) in [5.41, 5.74) is 1.93. The highest BCUT2D eigenvalue weighted by molar-refractivity contribution is 7.13. The summed E-state index contributed by atoms with van der Waals surface area (Å²) in [7, 11) is 0. The maximum Gasteiger partial charge on any atom is 0.277 e. The minimum atomic E-state index is -0.165. The third kappa shape index (κ3) is 2.23. The fourth-order valence-corrected chi connectivity index (χ4v) is 3.09. The van der Waals surface area contributed by atoms with Gasteiger partial charge in [0.1, 0.15) is 0 Å². The van der Waals surface area contributed by atoms with Gasteiger partial charge in [-0.3, -0.25) is 4.79 Å². The van der Waals surface area contributed by atoms with Crippen LogP contribution in [0.25, 0.3) is 21.9 Å². The predicted octanol–water partition coefficient (Wildman–Crippen LogP) is 2.90. The molecule has 0 fully saturated rings. The zero-order valence-corrected chi connectivity index (χ0v) is 12.4. The number of imidazole rings is 1. The summed E-state index contributed by atoms with van der Waals surface area (Å²) in [5, 5.41) is 1.95. The maximum absolute atomic E-state index is 12.4. The van der Waals surface area contributed by atoms with Gasteiger partial charge < -0.3 is 9.55 Å². The van der Waals surface area contributed by atoms with E-state index in [1.54, 1.807) is 6.33 Å². The normalized spacial score (nSPS) is 11.1. The Balaban J connectivity index is 1.81. The molecule has 0 unspecified atom stereocenters. The summed E-state index contributed by atoms with van der Waals surface area (Å²) in [5.74, 6) is 0.567. The summed E-state index contributed by atoms with van der Waals surface area (Å²) >= 11 is 1.54. The fourth-order valence-electron chi connectivity index (χ4n) is 2.42. The van der Waals surface area contributed by atoms with Crippen molar-refractivity contribution < 1.29 is 0 Å². The molecule has 22 heavy (non-hydrogen) atoms. The van der Waals surface area contributed by atoms with E-state index in [4.69, 9.17) is 0 Å². The number of hydrogen-bond donors (Lipinski definition) is 1. The Hall–Kier alpha value is -2.73. The number of nitrogens with one attached hydrogen (secondary N) is 1. The van der Waals surface area contributed by atoms with E-state index in [-0.39, 0.29) is 5.56 Å². The van der Waals surface area contributed by atoms with Gasteiger partial charge >= 0.3 is 0 Å². The van der Waals surface area contributed by atoms with Crippen molar-refractivity contribution in [3.05, 3.63) is 70.1 Å². The maximum atomic E-state index is 12.4. The smallest absolute Gasteiger partial charge is 0.277 e. The van der Waals surface area contributed by atoms with Gasteiger partial charge in [-0.1, -0.05) is 36.4 Å². The molecule has 0 saturated carbocycles. The van der Waals surface area contributed by atoms with Crippen LogP contribution in [-0.4, -0.2) is 19.5 Å². The van der Waals surface area contributed by atoms with Gasteiger partial charge in [-0.05, 0) is 17.0 Å². The zero-order valence-electron chi connectivity index (χ0n) is 11.6. The molecule has 108 valence electrons. The number of benzene rings is 1. The first-order chi connectivity index (χ1) is 10.8. The Bertz CT molecular complexity index is 970. The lowest BCUT2D eigenvalue weighted by atomic mass is 10.2. The van der Waals surface area contributed by atoms with E-state index in [2.05, 4.69) is 15.0 Å². The molecule has 4 rings (SSSR count). The van der Waals surface area contributed by atoms with Crippen LogP contribution in [-0.2, 0) is 6.54 Å². The van der Waals surface area contributed by atoms with Gasteiger partial charge in [0, 0.05) is 6.54 Å². The van der Waals surface area contributed by atoms with Crippen molar-refractivity contribution >= 4 is 22.5 Å². The van der Waals surface area contributed by atoms with Crippen LogP contribution in [0.2, 0.25) is 0 Å². The zero-order chi connectivity index (χ0) is 14.9. The molecular formula is C16H12N4OS. The number of thiophene rings is 1. The second-order valence-electron chi connectivity index (χ2n) is 4.92. The van der Waals surface area contributed by atoms with E-state index >= 15 is 0 Å². The molecule has 0 aliphatic carbocycles. The minimum absolute atomic E-state index is 0.165. The van der Waals surface area contributed by atoms with E-state index in [1.807, 2.05) is 52.4 Å². The first-order valence-electron chi connectivity index (χ1n) is 6.84. The highest BCUT2D eigenvalue weighted by Gasteiger charge is 2.12. The van der Waals surface area contributed by atoms with Gasteiger partial charge in [0.05, 0.1) is 11.2 Å². The molecule has 0 radical (unpaired) electrons. The lowest BCUT2D eigenvalue weighted by Gasteiger charge is -2.04. The quantitative estimate of drug-likeness (QED) is 0.633. The van der Waals surface area contributed by atoms with Crippen LogP contribution >= 0.6 is 11.3 Å². The van der Waals surface area contributed by atoms with Crippen LogP contribution in [0.5, 0.6) is 0 Å². The molecule has 0 spiro atoms. The van der Waals surface area contributed by atoms with E-state index in [1.165, 1.54) is 11.3 Å². The predicted molar refractivity (Wildman–Crippen MR) is 87.0 cm³/mol. The van der Waals surface area contributed by atoms with Crippen LogP contribution in [0, 0.1) is 0 Å². The van der Waals surface area contributed by atoms with Gasteiger partial charge in [-0.2, -0.15) is 0 Å². The van der Waals surface area contributed by atoms with Crippen molar-refractivity contribution in [2.75, 3.05) is 0 Å². The molecule has 3 aromatic heterocycles. The van der Waals surface area contributed by atoms with Crippen LogP contribution in [0.15, 0.2) is 59.0 Å². The number of fused-ring (bicyclic) bond motifs is 1. The number of aromatic amines is 1. The SMILES string of the molecule is O=c1[nH]c(-c2cccs2)nc2ncn(Cc3ccccc3)c12. The molecule has 0 aliphatic heterocycles. The van der Waals surface area contributed by atoms with E-state index < -0.39 is 0 Å². The molecule has 0 saturated heterocycles. The number of hydrogen-bond acceptors (Lipinski definition) is 4. The number of H-pyrrole nitrogens is 1. The fraction of sp³-hybridized carbons (Fsp3) is 0.0625. The van der Waals surface area contributed by atoms with Crippen molar-refractivity contribution in [1.82, 2.24) is 19.5 Å². The Morgan fingerprint density at radius 2 is 2.00 bits per heavy atom. The first kappa shape index (κ1) is 13.0. The molecule has 0 atom stereocenters. The molecule has 1 N–H and O–H groups in total. The summed E-state index contributed by atoms with van der Waals surface area (Å²) in [6, 6.07) is 13.8. The van der Waals surface area contributed by atoms with Crippen molar-refractivity contribution in [3.63, 3.8) is 0 Å². The summed E-state index contributed by atoms with van der Waals surface area (Å²) in [6.07, 6.45) is 1.66. The molecule has 4 aromatic rings. The average Bonchev–Trinajstić information content (AvgIpc) is 3.18. The van der Waals surface area contributed by atoms with Crippen molar-refractivity contribution in [1.29, 1.82) is 0 Å². The third-order valence-electron chi connectivity index (χ3n) is 3.43. The molecule has 6 heteroatoms. The molecule has 1 aromatic carbocycles. The second kappa shape index (κ2) is 5.23. The molecule has 5 nitrogen and oxygen atoms in total. The highest BCUT2D eigenvalue weighted by atomic mass is 32.1. The molecule has 0 aliphatic rings. The first-order valence-corrected chi connectivity index (χ1v) is 7.72. The lowest BCUT2D eigenvalue weighted by molar-refractivity contribution is 0.820. The van der Waals surface area contributed by atoms with Crippen molar-refractivity contribution in [2.45, 2.75) is 6.54 Å². The molecular weight excluding hydrogens is 296 g/mol. The minimum Gasteiger partial charge on any atom is -0.320 e. The van der Waals surface area contributed by atoms with Crippen molar-refractivity contribution in [2.24, 2.45) is 0 Å². The van der Waals surface area contributed by atoms with Crippen LogP contribution in [0.4, 0.5) is 0 Å². The van der Waals surface area contributed by atoms with Gasteiger partial charge in [0.15, 0.2) is 17.0 Å². The summed E-state index contributed by atoms with van der Waals surface area (Å²) in [4.78, 5) is 24.9. The Kier molecular flexibility index (Phi) is 3.08. The highest BCUT2D eigenvalue weighted by Crippen LogP contribution is 2.21. The number of rotatable bonds is 3. The number of nitrogens with zero attached hydrogens (tertiary/aromatic N) is 3. The van der Waals surface area contributed by atoms with E-state index in [0.717, 1.165) is 10.4 Å². The van der Waals surface area contributed by atoms with Gasteiger partial charge in [0.25, 0.3) is 5.56 Å². The molecule has 3 heterocycles. The van der Waals surface area contributed by atoms with Crippen LogP contribution < -0.4 is 5.56 Å². The summed E-state index contributed by atoms with van der Waals surface area (Å²) < 4.78 is 1.83. The van der Waals surface area contributed by atoms with Crippen LogP contribution in [0.3, 0.4) is 0 Å². The largest absolute Gasteiger partial charge is 0.320 e. The molecule has 0 bridgehead atoms. The Morgan fingerprint density at radius 3 is 2.77 bits per heavy atom. The summed E-state index contributed by atoms with van der Waals surface area (Å²) in [6.45, 7) is 0.598. The van der Waals surface area contributed by atoms with Gasteiger partial charge in [-0.25, -0.2) is 9.97 Å². The second-order valence-corrected chi connectivity index (χ2v) is 5.87. The molecule has 0 amide bonds. The standard InChI is InChI=1S/C16H12N4OS/c21-16-13-15(18-14(19-16)12-7-4-8-22-12)17-10-20(13)9-11-5-2-1-3-6-11/h1-8,10H,9H2,(H,18,19,21). The Labute approximate surface area is 129 Å². The van der Waals surface area contributed by atoms with Gasteiger partial charge in [-0.15, -0.1) is 11.3 Å². The monoisotopic (exact) mass is 308 g/mol. The third-order valence-corrected chi connectivity index (χ3v) is 4.31. The average molecular weight is 308 g/mol. The van der Waals surface area contributed by atoms with E-state index in [0.29, 0.717) is 23.5 Å².